The number of aromatic nitrogens is 1. The molecule has 1 heterocycles. The van der Waals surface area contributed by atoms with Crippen LogP contribution in [0.15, 0.2) is 18.5 Å². The van der Waals surface area contributed by atoms with E-state index in [4.69, 9.17) is 4.74 Å². The summed E-state index contributed by atoms with van der Waals surface area (Å²) in [5.41, 5.74) is 1.26. The zero-order valence-electron chi connectivity index (χ0n) is 13.5. The van der Waals surface area contributed by atoms with Gasteiger partial charge in [-0.1, -0.05) is 20.3 Å². The Kier molecular flexibility index (Phi) is 8.78. The Labute approximate surface area is 128 Å². The number of ether oxygens (including phenoxy) is 1. The molecule has 0 spiro atoms. The van der Waals surface area contributed by atoms with Gasteiger partial charge >= 0.3 is 0 Å². The van der Waals surface area contributed by atoms with Gasteiger partial charge in [-0.3, -0.25) is 4.79 Å². The lowest BCUT2D eigenvalue weighted by molar-refractivity contribution is -0.121. The summed E-state index contributed by atoms with van der Waals surface area (Å²) in [6.45, 7) is 6.97. The Morgan fingerprint density at radius 2 is 2.24 bits per heavy atom. The van der Waals surface area contributed by atoms with Gasteiger partial charge in [0.1, 0.15) is 6.54 Å². The second-order valence-electron chi connectivity index (χ2n) is 5.21. The summed E-state index contributed by atoms with van der Waals surface area (Å²) in [5.74, 6) is 0.0451. The van der Waals surface area contributed by atoms with Crippen LogP contribution in [0.4, 0.5) is 0 Å². The predicted molar refractivity (Wildman–Crippen MR) is 85.3 cm³/mol. The first kappa shape index (κ1) is 17.7. The molecule has 0 aliphatic heterocycles. The number of rotatable bonds is 11. The van der Waals surface area contributed by atoms with Gasteiger partial charge in [0.05, 0.1) is 0 Å². The third kappa shape index (κ3) is 6.78. The smallest absolute Gasteiger partial charge is 0.239 e. The molecule has 1 unspecified atom stereocenters. The number of carbonyl (C=O) groups excluding carboxylic acids is 1. The number of hydrogen-bond donors (Lipinski definition) is 2. The van der Waals surface area contributed by atoms with E-state index in [-0.39, 0.29) is 5.91 Å². The first-order chi connectivity index (χ1) is 10.2. The van der Waals surface area contributed by atoms with Crippen molar-refractivity contribution in [3.63, 3.8) is 0 Å². The fourth-order valence-electron chi connectivity index (χ4n) is 2.35. The zero-order valence-corrected chi connectivity index (χ0v) is 13.5. The second kappa shape index (κ2) is 10.4. The molecule has 2 N–H and O–H groups in total. The van der Waals surface area contributed by atoms with Crippen LogP contribution >= 0.6 is 0 Å². The maximum Gasteiger partial charge on any atom is 0.239 e. The number of amides is 1. The van der Waals surface area contributed by atoms with Gasteiger partial charge in [0.15, 0.2) is 0 Å². The molecular weight excluding hydrogens is 266 g/mol. The molecule has 0 fully saturated rings. The molecule has 0 saturated heterocycles. The van der Waals surface area contributed by atoms with Gasteiger partial charge < -0.3 is 19.9 Å². The quantitative estimate of drug-likeness (QED) is 0.615. The fourth-order valence-corrected chi connectivity index (χ4v) is 2.35. The lowest BCUT2D eigenvalue weighted by Gasteiger charge is -2.15. The Balaban J connectivity index is 2.44. The summed E-state index contributed by atoms with van der Waals surface area (Å²) in [6, 6.07) is 2.48. The van der Waals surface area contributed by atoms with Crippen molar-refractivity contribution in [2.75, 3.05) is 26.8 Å². The van der Waals surface area contributed by atoms with E-state index < -0.39 is 0 Å². The second-order valence-corrected chi connectivity index (χ2v) is 5.21. The molecule has 1 amide bonds. The first-order valence-electron chi connectivity index (χ1n) is 7.85. The van der Waals surface area contributed by atoms with Crippen molar-refractivity contribution in [3.05, 3.63) is 24.0 Å². The summed E-state index contributed by atoms with van der Waals surface area (Å²) in [5, 5.41) is 6.39. The Hall–Kier alpha value is -1.33. The number of carbonyl (C=O) groups is 1. The van der Waals surface area contributed by atoms with Gasteiger partial charge in [0.25, 0.3) is 0 Å². The standard InChI is InChI=1S/C16H29N3O2/c1-4-7-15(17-5-2)14-8-10-19(12-14)13-16(20)18-9-6-11-21-3/h8,10,12,15,17H,4-7,9,11,13H2,1-3H3,(H,18,20). The minimum atomic E-state index is 0.0451. The van der Waals surface area contributed by atoms with E-state index in [1.54, 1.807) is 7.11 Å². The van der Waals surface area contributed by atoms with Crippen LogP contribution in [0, 0.1) is 0 Å². The van der Waals surface area contributed by atoms with Gasteiger partial charge in [-0.15, -0.1) is 0 Å². The highest BCUT2D eigenvalue weighted by molar-refractivity contribution is 5.75. The summed E-state index contributed by atoms with van der Waals surface area (Å²) in [6.07, 6.45) is 7.14. The van der Waals surface area contributed by atoms with Crippen LogP contribution in [-0.2, 0) is 16.1 Å². The van der Waals surface area contributed by atoms with E-state index in [1.165, 1.54) is 5.56 Å². The highest BCUT2D eigenvalue weighted by atomic mass is 16.5. The fraction of sp³-hybridized carbons (Fsp3) is 0.688. The molecule has 0 radical (unpaired) electrons. The van der Waals surface area contributed by atoms with Crippen molar-refractivity contribution < 1.29 is 9.53 Å². The van der Waals surface area contributed by atoms with Crippen LogP contribution in [0.3, 0.4) is 0 Å². The highest BCUT2D eigenvalue weighted by Gasteiger charge is 2.11. The highest BCUT2D eigenvalue weighted by Crippen LogP contribution is 2.18. The molecule has 1 aromatic heterocycles. The van der Waals surface area contributed by atoms with Crippen LogP contribution in [0.1, 0.15) is 44.7 Å². The van der Waals surface area contributed by atoms with Gasteiger partial charge in [0, 0.05) is 38.7 Å². The summed E-state index contributed by atoms with van der Waals surface area (Å²) >= 11 is 0. The van der Waals surface area contributed by atoms with Crippen molar-refractivity contribution in [2.24, 2.45) is 0 Å². The molecular formula is C16H29N3O2. The molecule has 1 atom stereocenters. The van der Waals surface area contributed by atoms with Crippen LogP contribution in [0.25, 0.3) is 0 Å². The van der Waals surface area contributed by atoms with E-state index >= 15 is 0 Å². The monoisotopic (exact) mass is 295 g/mol. The minimum Gasteiger partial charge on any atom is -0.385 e. The molecule has 5 heteroatoms. The molecule has 1 rings (SSSR count). The number of nitrogens with zero attached hydrogens (tertiary/aromatic N) is 1. The lowest BCUT2D eigenvalue weighted by Crippen LogP contribution is -2.28. The van der Waals surface area contributed by atoms with E-state index in [9.17, 15) is 4.79 Å². The average Bonchev–Trinajstić information content (AvgIpc) is 2.92. The van der Waals surface area contributed by atoms with Crippen molar-refractivity contribution >= 4 is 5.91 Å². The van der Waals surface area contributed by atoms with Gasteiger partial charge in [-0.2, -0.15) is 0 Å². The van der Waals surface area contributed by atoms with Crippen LogP contribution < -0.4 is 10.6 Å². The zero-order chi connectivity index (χ0) is 15.5. The van der Waals surface area contributed by atoms with Crippen molar-refractivity contribution in [2.45, 2.75) is 45.7 Å². The van der Waals surface area contributed by atoms with Gasteiger partial charge in [-0.05, 0) is 31.0 Å². The average molecular weight is 295 g/mol. The molecule has 0 aromatic carbocycles. The van der Waals surface area contributed by atoms with E-state index in [0.29, 0.717) is 25.7 Å². The van der Waals surface area contributed by atoms with E-state index in [0.717, 1.165) is 25.8 Å². The summed E-state index contributed by atoms with van der Waals surface area (Å²) in [7, 11) is 1.67. The number of hydrogen-bond acceptors (Lipinski definition) is 3. The molecule has 5 nitrogen and oxygen atoms in total. The maximum atomic E-state index is 11.8. The van der Waals surface area contributed by atoms with Crippen molar-refractivity contribution in [3.8, 4) is 0 Å². The Morgan fingerprint density at radius 1 is 1.43 bits per heavy atom. The summed E-state index contributed by atoms with van der Waals surface area (Å²) in [4.78, 5) is 11.8. The molecule has 0 aliphatic carbocycles. The molecule has 1 aromatic rings. The van der Waals surface area contributed by atoms with Crippen molar-refractivity contribution in [1.82, 2.24) is 15.2 Å². The third-order valence-corrected chi connectivity index (χ3v) is 3.38. The molecule has 21 heavy (non-hydrogen) atoms. The van der Waals surface area contributed by atoms with Crippen LogP contribution in [-0.4, -0.2) is 37.3 Å². The van der Waals surface area contributed by atoms with Gasteiger partial charge in [0.2, 0.25) is 5.91 Å². The topological polar surface area (TPSA) is 55.3 Å². The third-order valence-electron chi connectivity index (χ3n) is 3.38. The van der Waals surface area contributed by atoms with E-state index in [2.05, 4.69) is 36.7 Å². The normalized spacial score (nSPS) is 12.3. The maximum absolute atomic E-state index is 11.8. The molecule has 120 valence electrons. The predicted octanol–water partition coefficient (Wildman–Crippen LogP) is 2.09. The molecule has 0 aliphatic rings. The minimum absolute atomic E-state index is 0.0451. The largest absolute Gasteiger partial charge is 0.385 e. The number of methoxy groups -OCH3 is 1. The number of nitrogens with one attached hydrogen (secondary N) is 2. The van der Waals surface area contributed by atoms with Gasteiger partial charge in [-0.25, -0.2) is 0 Å². The van der Waals surface area contributed by atoms with E-state index in [1.807, 2.05) is 10.8 Å². The molecule has 0 saturated carbocycles. The first-order valence-corrected chi connectivity index (χ1v) is 7.85. The summed E-state index contributed by atoms with van der Waals surface area (Å²) < 4.78 is 6.90. The van der Waals surface area contributed by atoms with Crippen LogP contribution in [0.2, 0.25) is 0 Å². The SMILES string of the molecule is CCCC(NCC)c1ccn(CC(=O)NCCCOC)c1. The lowest BCUT2D eigenvalue weighted by atomic mass is 10.1. The van der Waals surface area contributed by atoms with Crippen molar-refractivity contribution in [1.29, 1.82) is 0 Å². The Morgan fingerprint density at radius 3 is 2.90 bits per heavy atom. The van der Waals surface area contributed by atoms with Crippen LogP contribution in [0.5, 0.6) is 0 Å². The Bertz CT molecular complexity index is 398. The molecule has 0 bridgehead atoms.